The number of anilines is 3. The lowest BCUT2D eigenvalue weighted by Crippen LogP contribution is -2.11. The third-order valence-electron chi connectivity index (χ3n) is 11.5. The molecule has 0 saturated carbocycles. The zero-order valence-electron chi connectivity index (χ0n) is 31.8. The minimum absolute atomic E-state index is 1.11. The molecule has 0 fully saturated rings. The van der Waals surface area contributed by atoms with E-state index in [9.17, 15) is 0 Å². The molecule has 0 aliphatic carbocycles. The molecule has 0 unspecified atom stereocenters. The number of aromatic nitrogens is 1. The van der Waals surface area contributed by atoms with Crippen molar-refractivity contribution in [2.24, 2.45) is 0 Å². The Balaban J connectivity index is 1.22. The number of benzene rings is 9. The van der Waals surface area contributed by atoms with Gasteiger partial charge in [0.05, 0.1) is 22.6 Å². The molecular formula is C56H38N2. The Bertz CT molecular complexity index is 2980. The van der Waals surface area contributed by atoms with Gasteiger partial charge < -0.3 is 9.47 Å². The normalized spacial score (nSPS) is 11.8. The van der Waals surface area contributed by atoms with Gasteiger partial charge in [-0.15, -0.1) is 0 Å². The number of nitrogens with zero attached hydrogens (tertiary/aromatic N) is 2. The quantitative estimate of drug-likeness (QED) is 0.165. The summed E-state index contributed by atoms with van der Waals surface area (Å²) < 4.78 is 2.51. The van der Waals surface area contributed by atoms with Crippen molar-refractivity contribution < 1.29 is 0 Å². The summed E-state index contributed by atoms with van der Waals surface area (Å²) in [6, 6.07) is 83.9. The van der Waals surface area contributed by atoms with Gasteiger partial charge in [-0.25, -0.2) is 0 Å². The van der Waals surface area contributed by atoms with Crippen LogP contribution in [0.3, 0.4) is 0 Å². The fourth-order valence-corrected chi connectivity index (χ4v) is 8.86. The molecule has 0 saturated heterocycles. The number of hydrogen-bond acceptors (Lipinski definition) is 1. The van der Waals surface area contributed by atoms with Crippen LogP contribution in [0.1, 0.15) is 0 Å². The predicted octanol–water partition coefficient (Wildman–Crippen LogP) is 15.4. The maximum absolute atomic E-state index is 2.51. The molecule has 0 spiro atoms. The first kappa shape index (κ1) is 33.6. The molecular weight excluding hydrogens is 701 g/mol. The molecule has 1 aromatic heterocycles. The van der Waals surface area contributed by atoms with Crippen molar-refractivity contribution in [2.45, 2.75) is 0 Å². The zero-order chi connectivity index (χ0) is 38.4. The van der Waals surface area contributed by atoms with Crippen LogP contribution < -0.4 is 4.90 Å². The molecule has 11 rings (SSSR count). The number of hydrogen-bond donors (Lipinski definition) is 0. The Hall–Kier alpha value is -7.68. The van der Waals surface area contributed by atoms with E-state index in [4.69, 9.17) is 0 Å². The van der Waals surface area contributed by atoms with Crippen molar-refractivity contribution in [3.63, 3.8) is 0 Å². The van der Waals surface area contributed by atoms with Crippen molar-refractivity contribution >= 4 is 28.0 Å². The summed E-state index contributed by atoms with van der Waals surface area (Å²) >= 11 is 0. The maximum atomic E-state index is 2.51. The van der Waals surface area contributed by atoms with Gasteiger partial charge in [0, 0.05) is 33.5 Å². The van der Waals surface area contributed by atoms with Gasteiger partial charge in [0.15, 0.2) is 0 Å². The van der Waals surface area contributed by atoms with Crippen LogP contribution >= 0.6 is 0 Å². The molecule has 0 bridgehead atoms. The van der Waals surface area contributed by atoms with E-state index in [2.05, 4.69) is 240 Å². The molecule has 0 amide bonds. The SMILES string of the molecule is c1ccc(-c2cc(-c3ccccc3)cc(N3c4ccccc4-c4c(n(-c5cc(-c6ccccc6)cc(-c6ccccc6)c5)c5ccccc45)-c4ccccc43)c2)cc1. The Morgan fingerprint density at radius 3 is 1.16 bits per heavy atom. The Morgan fingerprint density at radius 2 is 0.655 bits per heavy atom. The van der Waals surface area contributed by atoms with Crippen LogP contribution in [0.2, 0.25) is 0 Å². The predicted molar refractivity (Wildman–Crippen MR) is 244 cm³/mol. The van der Waals surface area contributed by atoms with E-state index in [0.29, 0.717) is 0 Å². The summed E-state index contributed by atoms with van der Waals surface area (Å²) in [5, 5.41) is 1.22. The largest absolute Gasteiger partial charge is 0.309 e. The van der Waals surface area contributed by atoms with Gasteiger partial charge in [-0.3, -0.25) is 0 Å². The van der Waals surface area contributed by atoms with Gasteiger partial charge >= 0.3 is 0 Å². The maximum Gasteiger partial charge on any atom is 0.0641 e. The molecule has 1 aliphatic rings. The van der Waals surface area contributed by atoms with E-state index in [-0.39, 0.29) is 0 Å². The smallest absolute Gasteiger partial charge is 0.0641 e. The standard InChI is InChI=1S/C56H38N2/c1-5-19-39(20-6-1)43-33-44(40-21-7-2-8-22-40)36-47(35-43)57-52-30-16-13-27-49(52)55-50-28-14-17-31-53(50)58(56(55)51-29-15-18-32-54(51)57)48-37-45(41-23-9-3-10-24-41)34-46(38-48)42-25-11-4-12-26-42/h1-38H. The van der Waals surface area contributed by atoms with Crippen molar-refractivity contribution in [1.29, 1.82) is 0 Å². The molecule has 1 aliphatic heterocycles. The van der Waals surface area contributed by atoms with E-state index in [1.807, 2.05) is 0 Å². The van der Waals surface area contributed by atoms with Gasteiger partial charge in [-0.2, -0.15) is 0 Å². The van der Waals surface area contributed by atoms with Gasteiger partial charge in [0.1, 0.15) is 0 Å². The van der Waals surface area contributed by atoms with Crippen LogP contribution in [0, 0.1) is 0 Å². The van der Waals surface area contributed by atoms with Gasteiger partial charge in [0.2, 0.25) is 0 Å². The fraction of sp³-hybridized carbons (Fsp3) is 0. The van der Waals surface area contributed by atoms with E-state index in [1.165, 1.54) is 77.8 Å². The first-order chi connectivity index (χ1) is 28.8. The first-order valence-corrected chi connectivity index (χ1v) is 19.9. The summed E-state index contributed by atoms with van der Waals surface area (Å²) in [5.74, 6) is 0. The topological polar surface area (TPSA) is 8.17 Å². The van der Waals surface area contributed by atoms with E-state index < -0.39 is 0 Å². The zero-order valence-corrected chi connectivity index (χ0v) is 31.8. The van der Waals surface area contributed by atoms with Crippen molar-refractivity contribution in [3.8, 4) is 72.6 Å². The number of para-hydroxylation sites is 3. The average Bonchev–Trinajstić information content (AvgIpc) is 3.59. The summed E-state index contributed by atoms with van der Waals surface area (Å²) in [6.45, 7) is 0. The van der Waals surface area contributed by atoms with Gasteiger partial charge in [-0.05, 0) is 99.1 Å². The minimum atomic E-state index is 1.11. The molecule has 2 nitrogen and oxygen atoms in total. The minimum Gasteiger partial charge on any atom is -0.309 e. The molecule has 2 heteroatoms. The van der Waals surface area contributed by atoms with Crippen LogP contribution in [-0.4, -0.2) is 4.57 Å². The number of rotatable bonds is 6. The Labute approximate surface area is 339 Å². The van der Waals surface area contributed by atoms with E-state index in [0.717, 1.165) is 22.7 Å². The summed E-state index contributed by atoms with van der Waals surface area (Å²) in [5.41, 5.74) is 19.9. The lowest BCUT2D eigenvalue weighted by Gasteiger charge is -2.28. The molecule has 10 aromatic rings. The number of fused-ring (bicyclic) bond motifs is 7. The second-order valence-electron chi connectivity index (χ2n) is 14.9. The molecule has 0 N–H and O–H groups in total. The third-order valence-corrected chi connectivity index (χ3v) is 11.5. The lowest BCUT2D eigenvalue weighted by atomic mass is 9.97. The Morgan fingerprint density at radius 1 is 0.276 bits per heavy atom. The molecule has 2 heterocycles. The lowest BCUT2D eigenvalue weighted by molar-refractivity contribution is 1.14. The van der Waals surface area contributed by atoms with Crippen LogP contribution in [0.4, 0.5) is 17.1 Å². The van der Waals surface area contributed by atoms with E-state index >= 15 is 0 Å². The Kier molecular flexibility index (Phi) is 8.19. The summed E-state index contributed by atoms with van der Waals surface area (Å²) in [7, 11) is 0. The highest BCUT2D eigenvalue weighted by Crippen LogP contribution is 2.55. The molecule has 0 atom stereocenters. The summed E-state index contributed by atoms with van der Waals surface area (Å²) in [6.07, 6.45) is 0. The molecule has 58 heavy (non-hydrogen) atoms. The summed E-state index contributed by atoms with van der Waals surface area (Å²) in [4.78, 5) is 2.48. The fourth-order valence-electron chi connectivity index (χ4n) is 8.86. The van der Waals surface area contributed by atoms with E-state index in [1.54, 1.807) is 0 Å². The third kappa shape index (κ3) is 5.74. The van der Waals surface area contributed by atoms with Crippen LogP contribution in [-0.2, 0) is 0 Å². The van der Waals surface area contributed by atoms with Crippen molar-refractivity contribution in [1.82, 2.24) is 4.57 Å². The highest BCUT2D eigenvalue weighted by atomic mass is 15.2. The van der Waals surface area contributed by atoms with Crippen molar-refractivity contribution in [3.05, 3.63) is 231 Å². The second-order valence-corrected chi connectivity index (χ2v) is 14.9. The van der Waals surface area contributed by atoms with Gasteiger partial charge in [-0.1, -0.05) is 176 Å². The first-order valence-electron chi connectivity index (χ1n) is 19.9. The second kappa shape index (κ2) is 14.1. The highest BCUT2D eigenvalue weighted by Gasteiger charge is 2.31. The van der Waals surface area contributed by atoms with Gasteiger partial charge in [0.25, 0.3) is 0 Å². The van der Waals surface area contributed by atoms with Crippen LogP contribution in [0.5, 0.6) is 0 Å². The molecule has 272 valence electrons. The van der Waals surface area contributed by atoms with Crippen molar-refractivity contribution in [2.75, 3.05) is 4.90 Å². The van der Waals surface area contributed by atoms with Crippen LogP contribution in [0.15, 0.2) is 231 Å². The highest BCUT2D eigenvalue weighted by molar-refractivity contribution is 6.13. The average molecular weight is 739 g/mol. The molecule has 0 radical (unpaired) electrons. The molecule has 9 aromatic carbocycles. The monoisotopic (exact) mass is 738 g/mol. The van der Waals surface area contributed by atoms with Crippen LogP contribution in [0.25, 0.3) is 83.5 Å².